The maximum atomic E-state index is 10.5. The molecule has 0 amide bonds. The van der Waals surface area contributed by atoms with Crippen molar-refractivity contribution in [2.24, 2.45) is 5.73 Å². The zero-order chi connectivity index (χ0) is 12.1. The van der Waals surface area contributed by atoms with Gasteiger partial charge in [-0.1, -0.05) is 6.92 Å². The van der Waals surface area contributed by atoms with E-state index in [1.807, 2.05) is 6.92 Å². The van der Waals surface area contributed by atoms with E-state index in [-0.39, 0.29) is 17.5 Å². The number of nitrogens with two attached hydrogens (primary N) is 2. The first-order valence-electron chi connectivity index (χ1n) is 4.95. The third-order valence-corrected chi connectivity index (χ3v) is 2.17. The highest BCUT2D eigenvalue weighted by Gasteiger charge is 2.12. The lowest BCUT2D eigenvalue weighted by atomic mass is 10.2. The molecule has 7 nitrogen and oxygen atoms in total. The summed E-state index contributed by atoms with van der Waals surface area (Å²) in [6, 6.07) is 2.86. The van der Waals surface area contributed by atoms with Crippen LogP contribution < -0.4 is 16.8 Å². The molecule has 0 aromatic carbocycles. The molecule has 7 heteroatoms. The molecule has 0 spiro atoms. The summed E-state index contributed by atoms with van der Waals surface area (Å²) in [5.74, 6) is 0.395. The van der Waals surface area contributed by atoms with Gasteiger partial charge in [-0.25, -0.2) is 4.98 Å². The second-order valence-corrected chi connectivity index (χ2v) is 3.41. The SMILES string of the molecule is CCC(N)CNc1ccc([N+](=O)[O-])c(N)n1. The minimum atomic E-state index is -0.566. The Hall–Kier alpha value is -1.89. The van der Waals surface area contributed by atoms with Crippen molar-refractivity contribution >= 4 is 17.3 Å². The highest BCUT2D eigenvalue weighted by atomic mass is 16.6. The number of aromatic nitrogens is 1. The minimum absolute atomic E-state index is 0.0261. The average molecular weight is 225 g/mol. The van der Waals surface area contributed by atoms with Crippen LogP contribution in [0.1, 0.15) is 13.3 Å². The van der Waals surface area contributed by atoms with Crippen LogP contribution in [0.15, 0.2) is 12.1 Å². The number of nitrogens with zero attached hydrogens (tertiary/aromatic N) is 2. The Balaban J connectivity index is 2.70. The molecule has 88 valence electrons. The molecule has 1 rings (SSSR count). The first-order valence-corrected chi connectivity index (χ1v) is 4.95. The number of anilines is 2. The molecule has 1 heterocycles. The lowest BCUT2D eigenvalue weighted by Gasteiger charge is -2.10. The Kier molecular flexibility index (Phi) is 4.01. The average Bonchev–Trinajstić information content (AvgIpc) is 2.25. The van der Waals surface area contributed by atoms with Gasteiger partial charge in [0, 0.05) is 18.7 Å². The van der Waals surface area contributed by atoms with Crippen LogP contribution in [0.5, 0.6) is 0 Å². The van der Waals surface area contributed by atoms with Crippen LogP contribution >= 0.6 is 0 Å². The summed E-state index contributed by atoms with van der Waals surface area (Å²) in [5.41, 5.74) is 11.0. The van der Waals surface area contributed by atoms with Crippen LogP contribution in [-0.4, -0.2) is 22.5 Å². The van der Waals surface area contributed by atoms with Crippen molar-refractivity contribution in [1.82, 2.24) is 4.98 Å². The predicted molar refractivity (Wildman–Crippen MR) is 62.1 cm³/mol. The van der Waals surface area contributed by atoms with E-state index in [1.165, 1.54) is 12.1 Å². The molecule has 0 aliphatic carbocycles. The standard InChI is InChI=1S/C9H15N5O2/c1-2-6(10)5-12-8-4-3-7(14(15)16)9(11)13-8/h3-4,6H,2,5,10H2,1H3,(H3,11,12,13). The zero-order valence-corrected chi connectivity index (χ0v) is 9.01. The summed E-state index contributed by atoms with van der Waals surface area (Å²) in [4.78, 5) is 13.8. The van der Waals surface area contributed by atoms with Gasteiger partial charge in [-0.2, -0.15) is 0 Å². The van der Waals surface area contributed by atoms with Gasteiger partial charge < -0.3 is 16.8 Å². The van der Waals surface area contributed by atoms with Crippen molar-refractivity contribution in [3.8, 4) is 0 Å². The molecule has 0 fully saturated rings. The molecule has 0 aliphatic heterocycles. The molecular weight excluding hydrogens is 210 g/mol. The van der Waals surface area contributed by atoms with E-state index in [0.29, 0.717) is 12.4 Å². The van der Waals surface area contributed by atoms with Crippen molar-refractivity contribution in [3.63, 3.8) is 0 Å². The smallest absolute Gasteiger partial charge is 0.311 e. The molecule has 1 aromatic rings. The summed E-state index contributed by atoms with van der Waals surface area (Å²) in [7, 11) is 0. The Morgan fingerprint density at radius 1 is 1.62 bits per heavy atom. The molecule has 0 radical (unpaired) electrons. The maximum Gasteiger partial charge on any atom is 0.311 e. The normalized spacial score (nSPS) is 12.1. The van der Waals surface area contributed by atoms with Gasteiger partial charge in [0.2, 0.25) is 5.82 Å². The van der Waals surface area contributed by atoms with E-state index in [2.05, 4.69) is 10.3 Å². The number of pyridine rings is 1. The summed E-state index contributed by atoms with van der Waals surface area (Å²) < 4.78 is 0. The van der Waals surface area contributed by atoms with E-state index in [0.717, 1.165) is 6.42 Å². The fourth-order valence-corrected chi connectivity index (χ4v) is 1.10. The second-order valence-electron chi connectivity index (χ2n) is 3.41. The molecule has 0 bridgehead atoms. The molecule has 0 aliphatic rings. The van der Waals surface area contributed by atoms with Gasteiger partial charge in [0.1, 0.15) is 5.82 Å². The van der Waals surface area contributed by atoms with Gasteiger partial charge in [-0.15, -0.1) is 0 Å². The van der Waals surface area contributed by atoms with Crippen molar-refractivity contribution in [3.05, 3.63) is 22.2 Å². The Morgan fingerprint density at radius 2 is 2.31 bits per heavy atom. The topological polar surface area (TPSA) is 120 Å². The summed E-state index contributed by atoms with van der Waals surface area (Å²) in [6.45, 7) is 2.53. The largest absolute Gasteiger partial charge is 0.378 e. The summed E-state index contributed by atoms with van der Waals surface area (Å²) in [6.07, 6.45) is 0.843. The lowest BCUT2D eigenvalue weighted by molar-refractivity contribution is -0.384. The first kappa shape index (κ1) is 12.2. The molecule has 0 saturated heterocycles. The third kappa shape index (κ3) is 3.06. The van der Waals surface area contributed by atoms with Gasteiger partial charge in [0.15, 0.2) is 0 Å². The molecule has 0 saturated carbocycles. The van der Waals surface area contributed by atoms with Crippen molar-refractivity contribution in [2.45, 2.75) is 19.4 Å². The Labute approximate surface area is 93.0 Å². The fraction of sp³-hybridized carbons (Fsp3) is 0.444. The molecule has 1 aromatic heterocycles. The van der Waals surface area contributed by atoms with Gasteiger partial charge in [-0.05, 0) is 12.5 Å². The monoisotopic (exact) mass is 225 g/mol. The van der Waals surface area contributed by atoms with E-state index < -0.39 is 4.92 Å². The first-order chi connectivity index (χ1) is 7.54. The van der Waals surface area contributed by atoms with Crippen LogP contribution in [0.2, 0.25) is 0 Å². The molecule has 16 heavy (non-hydrogen) atoms. The van der Waals surface area contributed by atoms with Crippen LogP contribution in [0.4, 0.5) is 17.3 Å². The van der Waals surface area contributed by atoms with Gasteiger partial charge in [-0.3, -0.25) is 10.1 Å². The fourth-order valence-electron chi connectivity index (χ4n) is 1.10. The van der Waals surface area contributed by atoms with Gasteiger partial charge >= 0.3 is 5.69 Å². The maximum absolute atomic E-state index is 10.5. The minimum Gasteiger partial charge on any atom is -0.378 e. The van der Waals surface area contributed by atoms with Gasteiger partial charge in [0.05, 0.1) is 4.92 Å². The predicted octanol–water partition coefficient (Wildman–Crippen LogP) is 0.721. The number of nitrogens with one attached hydrogen (secondary N) is 1. The highest BCUT2D eigenvalue weighted by Crippen LogP contribution is 2.20. The van der Waals surface area contributed by atoms with Crippen molar-refractivity contribution in [1.29, 1.82) is 0 Å². The number of nitro groups is 1. The van der Waals surface area contributed by atoms with Crippen LogP contribution in [0, 0.1) is 10.1 Å². The van der Waals surface area contributed by atoms with E-state index in [1.54, 1.807) is 0 Å². The Bertz CT molecular complexity index is 382. The second kappa shape index (κ2) is 5.26. The lowest BCUT2D eigenvalue weighted by Crippen LogP contribution is -2.28. The number of rotatable bonds is 5. The molecular formula is C9H15N5O2. The molecule has 5 N–H and O–H groups in total. The number of hydrogen-bond donors (Lipinski definition) is 3. The number of hydrogen-bond acceptors (Lipinski definition) is 6. The number of nitrogen functional groups attached to an aromatic ring is 1. The van der Waals surface area contributed by atoms with E-state index in [4.69, 9.17) is 11.5 Å². The van der Waals surface area contributed by atoms with Crippen molar-refractivity contribution in [2.75, 3.05) is 17.6 Å². The quantitative estimate of drug-likeness (QED) is 0.501. The Morgan fingerprint density at radius 3 is 2.81 bits per heavy atom. The van der Waals surface area contributed by atoms with E-state index in [9.17, 15) is 10.1 Å². The molecule has 1 atom stereocenters. The van der Waals surface area contributed by atoms with Crippen LogP contribution in [0.25, 0.3) is 0 Å². The molecule has 1 unspecified atom stereocenters. The van der Waals surface area contributed by atoms with Gasteiger partial charge in [0.25, 0.3) is 0 Å². The van der Waals surface area contributed by atoms with E-state index >= 15 is 0 Å². The van der Waals surface area contributed by atoms with Crippen LogP contribution in [-0.2, 0) is 0 Å². The summed E-state index contributed by atoms with van der Waals surface area (Å²) >= 11 is 0. The highest BCUT2D eigenvalue weighted by molar-refractivity contribution is 5.57. The summed E-state index contributed by atoms with van der Waals surface area (Å²) in [5, 5.41) is 13.5. The van der Waals surface area contributed by atoms with Crippen molar-refractivity contribution < 1.29 is 4.92 Å². The third-order valence-electron chi connectivity index (χ3n) is 2.17. The van der Waals surface area contributed by atoms with Crippen LogP contribution in [0.3, 0.4) is 0 Å². The zero-order valence-electron chi connectivity index (χ0n) is 9.01.